The van der Waals surface area contributed by atoms with Crippen molar-refractivity contribution in [1.82, 2.24) is 0 Å². The van der Waals surface area contributed by atoms with Crippen LogP contribution in [0, 0.1) is 17.6 Å². The lowest BCUT2D eigenvalue weighted by Gasteiger charge is -2.21. The Morgan fingerprint density at radius 1 is 1.43 bits per heavy atom. The first-order valence-electron chi connectivity index (χ1n) is 6.78. The number of amidine groups is 1. The van der Waals surface area contributed by atoms with Gasteiger partial charge in [-0.15, -0.1) is 0 Å². The molecule has 7 heteroatoms. The molecule has 1 aliphatic carbocycles. The van der Waals surface area contributed by atoms with Gasteiger partial charge in [0.15, 0.2) is 5.84 Å². The van der Waals surface area contributed by atoms with Crippen molar-refractivity contribution in [1.29, 1.82) is 0 Å². The second-order valence-electron chi connectivity index (χ2n) is 5.21. The van der Waals surface area contributed by atoms with Gasteiger partial charge >= 0.3 is 0 Å². The maximum absolute atomic E-state index is 14.0. The zero-order chi connectivity index (χ0) is 15.4. The van der Waals surface area contributed by atoms with Crippen LogP contribution >= 0.6 is 0 Å². The molecule has 1 aromatic carbocycles. The molecule has 1 aliphatic rings. The van der Waals surface area contributed by atoms with Crippen molar-refractivity contribution in [3.8, 4) is 0 Å². The second kappa shape index (κ2) is 6.71. The smallest absolute Gasteiger partial charge is 0.170 e. The number of halogens is 2. The summed E-state index contributed by atoms with van der Waals surface area (Å²) in [7, 11) is 1.59. The summed E-state index contributed by atoms with van der Waals surface area (Å²) in [6.45, 7) is 1.50. The SMILES string of the molecule is CN(CCOCC1CC1)c1c(F)cc(C(N)=NO)cc1F. The van der Waals surface area contributed by atoms with Gasteiger partial charge in [0.25, 0.3) is 0 Å². The molecule has 21 heavy (non-hydrogen) atoms. The number of hydrogen-bond donors (Lipinski definition) is 2. The van der Waals surface area contributed by atoms with E-state index in [0.717, 1.165) is 12.1 Å². The summed E-state index contributed by atoms with van der Waals surface area (Å²) < 4.78 is 33.4. The van der Waals surface area contributed by atoms with Crippen LogP contribution in [0.3, 0.4) is 0 Å². The van der Waals surface area contributed by atoms with E-state index in [-0.39, 0.29) is 17.1 Å². The van der Waals surface area contributed by atoms with Crippen LogP contribution in [-0.2, 0) is 4.74 Å². The van der Waals surface area contributed by atoms with Crippen molar-refractivity contribution in [3.05, 3.63) is 29.3 Å². The highest BCUT2D eigenvalue weighted by molar-refractivity contribution is 5.97. The molecule has 0 bridgehead atoms. The summed E-state index contributed by atoms with van der Waals surface area (Å²) in [6.07, 6.45) is 2.41. The highest BCUT2D eigenvalue weighted by atomic mass is 19.1. The summed E-state index contributed by atoms with van der Waals surface area (Å²) in [5, 5.41) is 11.3. The van der Waals surface area contributed by atoms with Crippen molar-refractivity contribution >= 4 is 11.5 Å². The largest absolute Gasteiger partial charge is 0.409 e. The van der Waals surface area contributed by atoms with Crippen molar-refractivity contribution in [3.63, 3.8) is 0 Å². The van der Waals surface area contributed by atoms with Gasteiger partial charge in [-0.25, -0.2) is 8.78 Å². The quantitative estimate of drug-likeness (QED) is 0.265. The summed E-state index contributed by atoms with van der Waals surface area (Å²) in [5.74, 6) is -1.21. The summed E-state index contributed by atoms with van der Waals surface area (Å²) in [6, 6.07) is 2.07. The Balaban J connectivity index is 2.00. The summed E-state index contributed by atoms with van der Waals surface area (Å²) >= 11 is 0. The van der Waals surface area contributed by atoms with E-state index in [1.807, 2.05) is 0 Å². The molecule has 0 radical (unpaired) electrons. The number of ether oxygens (including phenoxy) is 1. The van der Waals surface area contributed by atoms with E-state index in [2.05, 4.69) is 5.16 Å². The molecular formula is C14H19F2N3O2. The average molecular weight is 299 g/mol. The fourth-order valence-corrected chi connectivity index (χ4v) is 1.98. The Bertz CT molecular complexity index is 510. The van der Waals surface area contributed by atoms with Gasteiger partial charge in [0.1, 0.15) is 17.3 Å². The van der Waals surface area contributed by atoms with E-state index >= 15 is 0 Å². The zero-order valence-electron chi connectivity index (χ0n) is 11.9. The molecule has 0 aliphatic heterocycles. The van der Waals surface area contributed by atoms with Crippen molar-refractivity contribution in [2.45, 2.75) is 12.8 Å². The van der Waals surface area contributed by atoms with Gasteiger partial charge in [-0.05, 0) is 30.9 Å². The molecule has 3 N–H and O–H groups in total. The van der Waals surface area contributed by atoms with Crippen molar-refractivity contribution in [2.75, 3.05) is 31.7 Å². The van der Waals surface area contributed by atoms with Gasteiger partial charge in [0.05, 0.1) is 6.61 Å². The molecule has 0 heterocycles. The zero-order valence-corrected chi connectivity index (χ0v) is 11.9. The first-order chi connectivity index (χ1) is 10.0. The van der Waals surface area contributed by atoms with E-state index in [1.54, 1.807) is 7.05 Å². The van der Waals surface area contributed by atoms with Gasteiger partial charge in [0.2, 0.25) is 0 Å². The molecule has 116 valence electrons. The van der Waals surface area contributed by atoms with Gasteiger partial charge in [-0.3, -0.25) is 0 Å². The van der Waals surface area contributed by atoms with E-state index in [9.17, 15) is 8.78 Å². The topological polar surface area (TPSA) is 71.1 Å². The van der Waals surface area contributed by atoms with Crippen LogP contribution in [-0.4, -0.2) is 37.8 Å². The predicted molar refractivity (Wildman–Crippen MR) is 75.7 cm³/mol. The molecule has 0 spiro atoms. The normalized spacial score (nSPS) is 15.3. The molecule has 1 aromatic rings. The lowest BCUT2D eigenvalue weighted by Crippen LogP contribution is -2.25. The Morgan fingerprint density at radius 2 is 2.05 bits per heavy atom. The molecule has 5 nitrogen and oxygen atoms in total. The fourth-order valence-electron chi connectivity index (χ4n) is 1.98. The van der Waals surface area contributed by atoms with Gasteiger partial charge in [-0.1, -0.05) is 5.16 Å². The number of oxime groups is 1. The van der Waals surface area contributed by atoms with Crippen molar-refractivity contribution < 1.29 is 18.7 Å². The minimum Gasteiger partial charge on any atom is -0.409 e. The number of rotatable bonds is 7. The molecule has 2 rings (SSSR count). The Labute approximate surface area is 122 Å². The molecular weight excluding hydrogens is 280 g/mol. The van der Waals surface area contributed by atoms with E-state index < -0.39 is 11.6 Å². The monoisotopic (exact) mass is 299 g/mol. The third-order valence-corrected chi connectivity index (χ3v) is 3.42. The minimum absolute atomic E-state index is 0.00497. The summed E-state index contributed by atoms with van der Waals surface area (Å²) in [4.78, 5) is 1.45. The second-order valence-corrected chi connectivity index (χ2v) is 5.21. The molecule has 0 aromatic heterocycles. The van der Waals surface area contributed by atoms with Crippen LogP contribution in [0.15, 0.2) is 17.3 Å². The number of hydrogen-bond acceptors (Lipinski definition) is 4. The highest BCUT2D eigenvalue weighted by Gasteiger charge is 2.21. The standard InChI is InChI=1S/C14H19F2N3O2/c1-19(4-5-21-8-9-2-3-9)13-11(15)6-10(7-12(13)16)14(17)18-20/h6-7,9,20H,2-5,8H2,1H3,(H2,17,18). The Hall–Kier alpha value is -1.89. The van der Waals surface area contributed by atoms with Crippen LogP contribution in [0.25, 0.3) is 0 Å². The number of likely N-dealkylation sites (N-methyl/N-ethyl adjacent to an activating group) is 1. The highest BCUT2D eigenvalue weighted by Crippen LogP contribution is 2.29. The van der Waals surface area contributed by atoms with Crippen molar-refractivity contribution in [2.24, 2.45) is 16.8 Å². The first-order valence-corrected chi connectivity index (χ1v) is 6.78. The number of nitrogens with two attached hydrogens (primary N) is 1. The molecule has 0 amide bonds. The van der Waals surface area contributed by atoms with Gasteiger partial charge in [0, 0.05) is 25.8 Å². The maximum atomic E-state index is 14.0. The fraction of sp³-hybridized carbons (Fsp3) is 0.500. The van der Waals surface area contributed by atoms with Crippen LogP contribution in [0.2, 0.25) is 0 Å². The predicted octanol–water partition coefficient (Wildman–Crippen LogP) is 1.92. The molecule has 0 atom stereocenters. The molecule has 0 unspecified atom stereocenters. The molecule has 1 saturated carbocycles. The Kier molecular flexibility index (Phi) is 4.95. The maximum Gasteiger partial charge on any atom is 0.170 e. The van der Waals surface area contributed by atoms with E-state index in [1.165, 1.54) is 17.7 Å². The Morgan fingerprint density at radius 3 is 2.57 bits per heavy atom. The average Bonchev–Trinajstić information content (AvgIpc) is 3.26. The molecule has 1 fully saturated rings. The van der Waals surface area contributed by atoms with Gasteiger partial charge in [-0.2, -0.15) is 0 Å². The first kappa shape index (κ1) is 15.5. The van der Waals surface area contributed by atoms with Crippen LogP contribution in [0.5, 0.6) is 0 Å². The third-order valence-electron chi connectivity index (χ3n) is 3.42. The van der Waals surface area contributed by atoms with Crippen LogP contribution < -0.4 is 10.6 Å². The third kappa shape index (κ3) is 4.04. The minimum atomic E-state index is -0.763. The van der Waals surface area contributed by atoms with Crippen LogP contribution in [0.1, 0.15) is 18.4 Å². The van der Waals surface area contributed by atoms with Crippen LogP contribution in [0.4, 0.5) is 14.5 Å². The van der Waals surface area contributed by atoms with E-state index in [0.29, 0.717) is 25.7 Å². The molecule has 0 saturated heterocycles. The lowest BCUT2D eigenvalue weighted by molar-refractivity contribution is 0.130. The number of benzene rings is 1. The van der Waals surface area contributed by atoms with Gasteiger partial charge < -0.3 is 20.6 Å². The lowest BCUT2D eigenvalue weighted by atomic mass is 10.1. The number of nitrogens with zero attached hydrogens (tertiary/aromatic N) is 2. The van der Waals surface area contributed by atoms with E-state index in [4.69, 9.17) is 15.7 Å². The summed E-state index contributed by atoms with van der Waals surface area (Å²) in [5.41, 5.74) is 5.17. The number of anilines is 1.